The van der Waals surface area contributed by atoms with E-state index in [9.17, 15) is 9.00 Å². The number of thiazole rings is 1. The zero-order chi connectivity index (χ0) is 14.3. The zero-order valence-electron chi connectivity index (χ0n) is 11.2. The normalized spacial score (nSPS) is 12.1. The van der Waals surface area contributed by atoms with Crippen LogP contribution >= 0.6 is 11.3 Å². The van der Waals surface area contributed by atoms with Gasteiger partial charge in [0, 0.05) is 35.4 Å². The van der Waals surface area contributed by atoms with Crippen molar-refractivity contribution in [2.24, 2.45) is 0 Å². The van der Waals surface area contributed by atoms with Crippen molar-refractivity contribution in [3.8, 4) is 0 Å². The Hall–Kier alpha value is -1.15. The topological polar surface area (TPSA) is 97.1 Å². The molecule has 0 aliphatic heterocycles. The molecule has 19 heavy (non-hydrogen) atoms. The molecule has 0 fully saturated rings. The van der Waals surface area contributed by atoms with Crippen molar-refractivity contribution in [2.45, 2.75) is 20.3 Å². The maximum atomic E-state index is 11.9. The molecule has 1 heterocycles. The van der Waals surface area contributed by atoms with Crippen LogP contribution in [0.1, 0.15) is 29.9 Å². The predicted molar refractivity (Wildman–Crippen MR) is 81.2 cm³/mol. The average molecular weight is 304 g/mol. The smallest absolute Gasteiger partial charge is 0.265 e. The van der Waals surface area contributed by atoms with Crippen molar-refractivity contribution >= 4 is 39.0 Å². The molecule has 1 aromatic heterocycles. The van der Waals surface area contributed by atoms with Crippen LogP contribution in [-0.2, 0) is 10.8 Å². The molecule has 8 heteroatoms. The Morgan fingerprint density at radius 2 is 2.16 bits per heavy atom. The lowest BCUT2D eigenvalue weighted by Crippen LogP contribution is -2.27. The molecule has 1 amide bonds. The zero-order valence-corrected chi connectivity index (χ0v) is 12.8. The number of nitrogens with zero attached hydrogens (tertiary/aromatic N) is 1. The highest BCUT2D eigenvalue weighted by molar-refractivity contribution is 7.84. The van der Waals surface area contributed by atoms with Crippen LogP contribution in [-0.4, -0.2) is 39.7 Å². The Kier molecular flexibility index (Phi) is 6.79. The first-order valence-electron chi connectivity index (χ1n) is 6.21. The first-order chi connectivity index (χ1) is 9.08. The van der Waals surface area contributed by atoms with Gasteiger partial charge in [0.2, 0.25) is 0 Å². The minimum Gasteiger partial charge on any atom is -0.382 e. The summed E-state index contributed by atoms with van der Waals surface area (Å²) < 4.78 is 11.2. The number of anilines is 2. The highest BCUT2D eigenvalue weighted by Crippen LogP contribution is 2.24. The van der Waals surface area contributed by atoms with Gasteiger partial charge in [-0.3, -0.25) is 9.00 Å². The number of aromatic nitrogens is 1. The molecule has 0 saturated heterocycles. The van der Waals surface area contributed by atoms with Crippen molar-refractivity contribution in [3.63, 3.8) is 0 Å². The summed E-state index contributed by atoms with van der Waals surface area (Å²) in [5, 5.41) is 6.45. The molecular formula is C11H20N4O2S2. The third-order valence-electron chi connectivity index (χ3n) is 2.32. The summed E-state index contributed by atoms with van der Waals surface area (Å²) in [6.45, 7) is 5.08. The Balaban J connectivity index is 2.52. The molecule has 0 aromatic carbocycles. The molecule has 1 aromatic rings. The number of hydrogen-bond donors (Lipinski definition) is 3. The van der Waals surface area contributed by atoms with Gasteiger partial charge in [-0.15, -0.1) is 0 Å². The third kappa shape index (κ3) is 5.15. The van der Waals surface area contributed by atoms with Gasteiger partial charge in [0.05, 0.1) is 0 Å². The van der Waals surface area contributed by atoms with E-state index in [1.807, 2.05) is 13.8 Å². The summed E-state index contributed by atoms with van der Waals surface area (Å²) in [6, 6.07) is 0. The van der Waals surface area contributed by atoms with E-state index in [1.165, 1.54) is 11.3 Å². The van der Waals surface area contributed by atoms with E-state index in [0.29, 0.717) is 28.1 Å². The van der Waals surface area contributed by atoms with Crippen LogP contribution in [0.5, 0.6) is 0 Å². The molecule has 0 spiro atoms. The van der Waals surface area contributed by atoms with Gasteiger partial charge < -0.3 is 16.4 Å². The lowest BCUT2D eigenvalue weighted by molar-refractivity contribution is 0.0961. The summed E-state index contributed by atoms with van der Waals surface area (Å²) in [7, 11) is -0.875. The predicted octanol–water partition coefficient (Wildman–Crippen LogP) is 1.05. The largest absolute Gasteiger partial charge is 0.382 e. The van der Waals surface area contributed by atoms with E-state index in [-0.39, 0.29) is 11.7 Å². The fourth-order valence-corrected chi connectivity index (χ4v) is 2.75. The Morgan fingerprint density at radius 3 is 2.79 bits per heavy atom. The number of nitrogen functional groups attached to an aromatic ring is 1. The van der Waals surface area contributed by atoms with Gasteiger partial charge in [-0.2, -0.15) is 0 Å². The third-order valence-corrected chi connectivity index (χ3v) is 4.65. The maximum absolute atomic E-state index is 11.9. The molecule has 1 atom stereocenters. The van der Waals surface area contributed by atoms with Gasteiger partial charge in [-0.25, -0.2) is 4.98 Å². The number of rotatable bonds is 8. The van der Waals surface area contributed by atoms with E-state index in [4.69, 9.17) is 5.73 Å². The Morgan fingerprint density at radius 1 is 1.42 bits per heavy atom. The first kappa shape index (κ1) is 15.9. The number of carbonyl (C=O) groups is 1. The quantitative estimate of drug-likeness (QED) is 0.667. The fourth-order valence-electron chi connectivity index (χ4n) is 1.31. The van der Waals surface area contributed by atoms with E-state index >= 15 is 0 Å². The second-order valence-corrected chi connectivity index (χ2v) is 6.71. The van der Waals surface area contributed by atoms with E-state index in [0.717, 1.165) is 13.0 Å². The van der Waals surface area contributed by atoms with Gasteiger partial charge in [-0.05, 0) is 6.42 Å². The number of amides is 1. The van der Waals surface area contributed by atoms with Crippen LogP contribution in [0.4, 0.5) is 10.9 Å². The van der Waals surface area contributed by atoms with Crippen molar-refractivity contribution in [1.29, 1.82) is 0 Å². The van der Waals surface area contributed by atoms with Crippen LogP contribution in [0.25, 0.3) is 0 Å². The highest BCUT2D eigenvalue weighted by Gasteiger charge is 2.15. The first-order valence-corrected chi connectivity index (χ1v) is 8.52. The molecule has 0 aliphatic carbocycles. The molecule has 0 saturated carbocycles. The molecular weight excluding hydrogens is 284 g/mol. The van der Waals surface area contributed by atoms with Crippen molar-refractivity contribution in [1.82, 2.24) is 10.3 Å². The molecule has 1 unspecified atom stereocenters. The van der Waals surface area contributed by atoms with Crippen LogP contribution in [0.2, 0.25) is 0 Å². The minimum absolute atomic E-state index is 0.234. The number of nitrogens with one attached hydrogen (secondary N) is 2. The summed E-state index contributed by atoms with van der Waals surface area (Å²) >= 11 is 1.24. The monoisotopic (exact) mass is 304 g/mol. The second kappa shape index (κ2) is 8.11. The lowest BCUT2D eigenvalue weighted by Gasteiger charge is -2.02. The lowest BCUT2D eigenvalue weighted by atomic mass is 10.4. The van der Waals surface area contributed by atoms with Crippen molar-refractivity contribution in [3.05, 3.63) is 4.88 Å². The maximum Gasteiger partial charge on any atom is 0.265 e. The van der Waals surface area contributed by atoms with Gasteiger partial charge in [0.15, 0.2) is 5.13 Å². The summed E-state index contributed by atoms with van der Waals surface area (Å²) in [5.74, 6) is 1.04. The van der Waals surface area contributed by atoms with E-state index in [1.54, 1.807) is 0 Å². The summed E-state index contributed by atoms with van der Waals surface area (Å²) in [4.78, 5) is 16.4. The van der Waals surface area contributed by atoms with Gasteiger partial charge in [0.1, 0.15) is 10.7 Å². The van der Waals surface area contributed by atoms with Crippen molar-refractivity contribution < 1.29 is 9.00 Å². The average Bonchev–Trinajstić information content (AvgIpc) is 2.77. The molecule has 0 aliphatic rings. The summed E-state index contributed by atoms with van der Waals surface area (Å²) in [5.41, 5.74) is 5.71. The van der Waals surface area contributed by atoms with Crippen molar-refractivity contribution in [2.75, 3.05) is 35.6 Å². The number of hydrogen-bond acceptors (Lipinski definition) is 6. The molecule has 108 valence electrons. The molecule has 0 bridgehead atoms. The van der Waals surface area contributed by atoms with Gasteiger partial charge in [0.25, 0.3) is 5.91 Å². The van der Waals surface area contributed by atoms with Crippen LogP contribution in [0.15, 0.2) is 0 Å². The minimum atomic E-state index is -0.875. The second-order valence-electron chi connectivity index (χ2n) is 3.85. The SMILES string of the molecule is CCCNc1nc(N)c(C(=O)NCCS(=O)CC)s1. The molecule has 0 radical (unpaired) electrons. The Bertz CT molecular complexity index is 448. The van der Waals surface area contributed by atoms with Gasteiger partial charge in [-0.1, -0.05) is 25.2 Å². The van der Waals surface area contributed by atoms with Gasteiger partial charge >= 0.3 is 0 Å². The standard InChI is InChI=1S/C11H20N4O2S2/c1-3-5-14-11-15-9(12)8(18-11)10(16)13-6-7-19(17)4-2/h3-7,12H2,1-2H3,(H,13,16)(H,14,15). The molecule has 4 N–H and O–H groups in total. The fraction of sp³-hybridized carbons (Fsp3) is 0.636. The molecule has 6 nitrogen and oxygen atoms in total. The van der Waals surface area contributed by atoms with E-state index < -0.39 is 10.8 Å². The van der Waals surface area contributed by atoms with E-state index in [2.05, 4.69) is 15.6 Å². The van der Waals surface area contributed by atoms with Crippen LogP contribution < -0.4 is 16.4 Å². The van der Waals surface area contributed by atoms with Crippen LogP contribution in [0, 0.1) is 0 Å². The van der Waals surface area contributed by atoms with Crippen LogP contribution in [0.3, 0.4) is 0 Å². The summed E-state index contributed by atoms with van der Waals surface area (Å²) in [6.07, 6.45) is 0.976. The molecule has 1 rings (SSSR count). The Labute approximate surface area is 119 Å². The highest BCUT2D eigenvalue weighted by atomic mass is 32.2. The number of carbonyl (C=O) groups excluding carboxylic acids is 1. The number of nitrogens with two attached hydrogens (primary N) is 1.